The lowest BCUT2D eigenvalue weighted by molar-refractivity contribution is -0.159. The number of hydrogen-bond donors (Lipinski definition) is 1. The Morgan fingerprint density at radius 1 is 1.06 bits per heavy atom. The van der Waals surface area contributed by atoms with Gasteiger partial charge in [0.2, 0.25) is 0 Å². The summed E-state index contributed by atoms with van der Waals surface area (Å²) in [5, 5.41) is 10.8. The number of ether oxygens (including phenoxy) is 3. The first kappa shape index (κ1) is 26.3. The maximum Gasteiger partial charge on any atom is 0.417 e. The van der Waals surface area contributed by atoms with Crippen molar-refractivity contribution in [1.82, 2.24) is 4.90 Å². The second kappa shape index (κ2) is 13.6. The molecule has 0 saturated carbocycles. The molecule has 1 fully saturated rings. The van der Waals surface area contributed by atoms with Gasteiger partial charge in [0, 0.05) is 0 Å². The molecule has 7 heteroatoms. The van der Waals surface area contributed by atoms with Crippen LogP contribution in [0.2, 0.25) is 0 Å². The summed E-state index contributed by atoms with van der Waals surface area (Å²) in [5.74, 6) is -0.639. The molecule has 0 bridgehead atoms. The monoisotopic (exact) mass is 479 g/mol. The zero-order valence-corrected chi connectivity index (χ0v) is 19.8. The highest BCUT2D eigenvalue weighted by Gasteiger charge is 2.43. The van der Waals surface area contributed by atoms with Crippen LogP contribution in [0.5, 0.6) is 0 Å². The average Bonchev–Trinajstić information content (AvgIpc) is 3.23. The minimum absolute atomic E-state index is 0.0833. The Hall–Kier alpha value is -3.26. The van der Waals surface area contributed by atoms with E-state index < -0.39 is 36.4 Å². The van der Waals surface area contributed by atoms with Crippen LogP contribution < -0.4 is 0 Å². The number of aliphatic hydroxyl groups excluding tert-OH is 1. The molecule has 1 heterocycles. The summed E-state index contributed by atoms with van der Waals surface area (Å²) in [6.07, 6.45) is 0.373. The lowest BCUT2D eigenvalue weighted by atomic mass is 10.0. The summed E-state index contributed by atoms with van der Waals surface area (Å²) in [6.45, 7) is 8.06. The van der Waals surface area contributed by atoms with Crippen LogP contribution in [-0.2, 0) is 32.0 Å². The summed E-state index contributed by atoms with van der Waals surface area (Å²) in [4.78, 5) is 27.1. The van der Waals surface area contributed by atoms with Gasteiger partial charge in [-0.2, -0.15) is 0 Å². The SMILES string of the molecule is C=CC[C@H](COCc1ccccc1)O[C@H](C(=O)N1C(=O)OC[C@@H]1Cc1ccccc1)[C@H](O)CC=C. The topological polar surface area (TPSA) is 85.3 Å². The van der Waals surface area contributed by atoms with E-state index in [2.05, 4.69) is 13.2 Å². The molecule has 1 aliphatic rings. The van der Waals surface area contributed by atoms with Crippen molar-refractivity contribution in [1.29, 1.82) is 0 Å². The van der Waals surface area contributed by atoms with E-state index in [1.165, 1.54) is 6.08 Å². The first-order valence-electron chi connectivity index (χ1n) is 11.7. The van der Waals surface area contributed by atoms with Crippen molar-refractivity contribution in [3.05, 3.63) is 97.1 Å². The van der Waals surface area contributed by atoms with E-state index in [0.717, 1.165) is 16.0 Å². The van der Waals surface area contributed by atoms with Gasteiger partial charge >= 0.3 is 6.09 Å². The molecule has 2 aromatic carbocycles. The summed E-state index contributed by atoms with van der Waals surface area (Å²) in [5.41, 5.74) is 1.98. The van der Waals surface area contributed by atoms with Gasteiger partial charge in [0.1, 0.15) is 6.61 Å². The molecule has 1 aliphatic heterocycles. The van der Waals surface area contributed by atoms with Crippen LogP contribution in [0, 0.1) is 0 Å². The zero-order chi connectivity index (χ0) is 25.0. The number of nitrogens with zero attached hydrogens (tertiary/aromatic N) is 1. The van der Waals surface area contributed by atoms with E-state index in [9.17, 15) is 14.7 Å². The van der Waals surface area contributed by atoms with Crippen molar-refractivity contribution in [2.45, 2.75) is 50.2 Å². The fourth-order valence-corrected chi connectivity index (χ4v) is 3.95. The Kier molecular flexibility index (Phi) is 10.2. The summed E-state index contributed by atoms with van der Waals surface area (Å²) in [7, 11) is 0. The van der Waals surface area contributed by atoms with Gasteiger partial charge in [-0.3, -0.25) is 4.79 Å². The van der Waals surface area contributed by atoms with Crippen LogP contribution in [-0.4, -0.2) is 59.6 Å². The Balaban J connectivity index is 1.72. The van der Waals surface area contributed by atoms with Crippen molar-refractivity contribution in [3.63, 3.8) is 0 Å². The number of rotatable bonds is 14. The number of amides is 2. The number of hydrogen-bond acceptors (Lipinski definition) is 6. The van der Waals surface area contributed by atoms with Gasteiger partial charge in [-0.05, 0) is 30.4 Å². The first-order valence-corrected chi connectivity index (χ1v) is 11.7. The number of cyclic esters (lactones) is 1. The first-order chi connectivity index (χ1) is 17.0. The van der Waals surface area contributed by atoms with Gasteiger partial charge in [0.25, 0.3) is 5.91 Å². The van der Waals surface area contributed by atoms with Gasteiger partial charge in [-0.25, -0.2) is 9.69 Å². The van der Waals surface area contributed by atoms with Gasteiger partial charge in [0.15, 0.2) is 6.10 Å². The van der Waals surface area contributed by atoms with Crippen LogP contribution in [0.4, 0.5) is 4.79 Å². The smallest absolute Gasteiger partial charge is 0.417 e. The maximum absolute atomic E-state index is 13.5. The molecule has 0 radical (unpaired) electrons. The Morgan fingerprint density at radius 3 is 2.31 bits per heavy atom. The third-order valence-electron chi connectivity index (χ3n) is 5.70. The molecule has 4 atom stereocenters. The van der Waals surface area contributed by atoms with Crippen LogP contribution in [0.3, 0.4) is 0 Å². The van der Waals surface area contributed by atoms with Crippen LogP contribution in [0.1, 0.15) is 24.0 Å². The van der Waals surface area contributed by atoms with E-state index in [-0.39, 0.29) is 19.6 Å². The third-order valence-corrected chi connectivity index (χ3v) is 5.70. The molecule has 0 spiro atoms. The molecule has 1 N–H and O–H groups in total. The lowest BCUT2D eigenvalue weighted by Crippen LogP contribution is -2.51. The van der Waals surface area contributed by atoms with Gasteiger partial charge < -0.3 is 19.3 Å². The summed E-state index contributed by atoms with van der Waals surface area (Å²) >= 11 is 0. The molecule has 35 heavy (non-hydrogen) atoms. The van der Waals surface area contributed by atoms with Gasteiger partial charge in [-0.1, -0.05) is 72.8 Å². The number of carbonyl (C=O) groups excluding carboxylic acids is 2. The fraction of sp³-hybridized carbons (Fsp3) is 0.357. The normalized spacial score (nSPS) is 17.9. The number of imide groups is 1. The van der Waals surface area contributed by atoms with E-state index in [0.29, 0.717) is 19.4 Å². The Morgan fingerprint density at radius 2 is 1.69 bits per heavy atom. The number of carbonyl (C=O) groups is 2. The lowest BCUT2D eigenvalue weighted by Gasteiger charge is -2.30. The molecule has 186 valence electrons. The Labute approximate surface area is 206 Å². The quantitative estimate of drug-likeness (QED) is 0.412. The number of aliphatic hydroxyl groups is 1. The van der Waals surface area contributed by atoms with Gasteiger partial charge in [0.05, 0.1) is 31.5 Å². The molecule has 0 aliphatic carbocycles. The second-order valence-corrected chi connectivity index (χ2v) is 8.42. The van der Waals surface area contributed by atoms with Crippen LogP contribution >= 0.6 is 0 Å². The molecule has 0 unspecified atom stereocenters. The van der Waals surface area contributed by atoms with Crippen molar-refractivity contribution < 1.29 is 28.9 Å². The highest BCUT2D eigenvalue weighted by Crippen LogP contribution is 2.22. The third kappa shape index (κ3) is 7.62. The van der Waals surface area contributed by atoms with E-state index >= 15 is 0 Å². The highest BCUT2D eigenvalue weighted by molar-refractivity contribution is 5.96. The summed E-state index contributed by atoms with van der Waals surface area (Å²) < 4.78 is 17.1. The largest absolute Gasteiger partial charge is 0.447 e. The van der Waals surface area contributed by atoms with Crippen molar-refractivity contribution >= 4 is 12.0 Å². The molecule has 3 rings (SSSR count). The minimum Gasteiger partial charge on any atom is -0.447 e. The predicted molar refractivity (Wildman–Crippen MR) is 133 cm³/mol. The highest BCUT2D eigenvalue weighted by atomic mass is 16.6. The van der Waals surface area contributed by atoms with E-state index in [4.69, 9.17) is 14.2 Å². The standard InChI is InChI=1S/C28H33NO6/c1-3-11-24(20-33-18-22-15-9-6-10-16-22)35-26(25(30)12-4-2)27(31)29-23(19-34-28(29)32)17-21-13-7-5-8-14-21/h3-10,13-16,23-26,30H,1-2,11-12,17-20H2/t23-,24+,25+,26-/m0/s1. The average molecular weight is 480 g/mol. The fourth-order valence-electron chi connectivity index (χ4n) is 3.95. The molecule has 2 amide bonds. The van der Waals surface area contributed by atoms with Crippen LogP contribution in [0.15, 0.2) is 86.0 Å². The van der Waals surface area contributed by atoms with E-state index in [1.54, 1.807) is 6.08 Å². The predicted octanol–water partition coefficient (Wildman–Crippen LogP) is 4.06. The number of benzene rings is 2. The molecular formula is C28H33NO6. The van der Waals surface area contributed by atoms with Crippen molar-refractivity contribution in [3.8, 4) is 0 Å². The Bertz CT molecular complexity index is 964. The van der Waals surface area contributed by atoms with E-state index in [1.807, 2.05) is 60.7 Å². The molecule has 2 aromatic rings. The van der Waals surface area contributed by atoms with Crippen molar-refractivity contribution in [2.24, 2.45) is 0 Å². The molecule has 1 saturated heterocycles. The zero-order valence-electron chi connectivity index (χ0n) is 19.8. The van der Waals surface area contributed by atoms with Crippen molar-refractivity contribution in [2.75, 3.05) is 13.2 Å². The molecule has 7 nitrogen and oxygen atoms in total. The summed E-state index contributed by atoms with van der Waals surface area (Å²) in [6, 6.07) is 18.7. The molecular weight excluding hydrogens is 446 g/mol. The van der Waals surface area contributed by atoms with Gasteiger partial charge in [-0.15, -0.1) is 13.2 Å². The molecule has 0 aromatic heterocycles. The minimum atomic E-state index is -1.29. The van der Waals surface area contributed by atoms with Crippen LogP contribution in [0.25, 0.3) is 0 Å². The maximum atomic E-state index is 13.5. The second-order valence-electron chi connectivity index (χ2n) is 8.42.